The summed E-state index contributed by atoms with van der Waals surface area (Å²) in [6, 6.07) is 4.06. The SMILES string of the molecule is CC.CC.CC.CC.Cc1cc2c(c(C)c1O)Oc1c(cc(C)c(O)c1C)C2C(C)C. The molecule has 0 spiro atoms. The fraction of sp³-hybridized carbons (Fsp3) is 0.571. The van der Waals surface area contributed by atoms with Crippen molar-refractivity contribution in [2.75, 3.05) is 0 Å². The number of rotatable bonds is 1. The van der Waals surface area contributed by atoms with E-state index in [-0.39, 0.29) is 17.4 Å². The van der Waals surface area contributed by atoms with E-state index in [1.165, 1.54) is 0 Å². The molecule has 3 rings (SSSR count). The van der Waals surface area contributed by atoms with Crippen molar-refractivity contribution in [3.63, 3.8) is 0 Å². The van der Waals surface area contributed by atoms with Gasteiger partial charge in [0.05, 0.1) is 0 Å². The van der Waals surface area contributed by atoms with Crippen LogP contribution in [0.4, 0.5) is 0 Å². The van der Waals surface area contributed by atoms with Crippen LogP contribution in [0.25, 0.3) is 0 Å². The lowest BCUT2D eigenvalue weighted by molar-refractivity contribution is 0.395. The van der Waals surface area contributed by atoms with E-state index in [0.29, 0.717) is 5.92 Å². The van der Waals surface area contributed by atoms with Crippen LogP contribution in [0.5, 0.6) is 23.0 Å². The molecule has 0 aliphatic carbocycles. The number of ether oxygens (including phenoxy) is 1. The van der Waals surface area contributed by atoms with Crippen LogP contribution < -0.4 is 4.74 Å². The van der Waals surface area contributed by atoms with Gasteiger partial charge in [-0.3, -0.25) is 0 Å². The third-order valence-electron chi connectivity index (χ3n) is 4.95. The van der Waals surface area contributed by atoms with Crippen molar-refractivity contribution in [1.82, 2.24) is 0 Å². The molecule has 0 saturated heterocycles. The van der Waals surface area contributed by atoms with E-state index in [1.807, 2.05) is 95.2 Å². The first-order valence-electron chi connectivity index (χ1n) is 12.1. The molecule has 1 aliphatic rings. The number of aromatic hydroxyl groups is 2. The maximum absolute atomic E-state index is 10.3. The Kier molecular flexibility index (Phi) is 14.8. The fourth-order valence-electron chi connectivity index (χ4n) is 3.69. The highest BCUT2D eigenvalue weighted by Crippen LogP contribution is 2.53. The largest absolute Gasteiger partial charge is 0.507 e. The average Bonchev–Trinajstić information content (AvgIpc) is 2.80. The van der Waals surface area contributed by atoms with E-state index in [1.54, 1.807) is 0 Å². The molecule has 0 fully saturated rings. The summed E-state index contributed by atoms with van der Waals surface area (Å²) in [5, 5.41) is 20.5. The molecule has 1 heterocycles. The Labute approximate surface area is 192 Å². The third-order valence-corrected chi connectivity index (χ3v) is 4.95. The zero-order chi connectivity index (χ0) is 25.0. The van der Waals surface area contributed by atoms with Gasteiger partial charge in [-0.25, -0.2) is 0 Å². The Hall–Kier alpha value is -2.16. The first-order chi connectivity index (χ1) is 14.7. The Morgan fingerprint density at radius 1 is 0.645 bits per heavy atom. The fourth-order valence-corrected chi connectivity index (χ4v) is 3.69. The van der Waals surface area contributed by atoms with E-state index in [0.717, 1.165) is 44.9 Å². The highest BCUT2D eigenvalue weighted by molar-refractivity contribution is 5.65. The summed E-state index contributed by atoms with van der Waals surface area (Å²) in [6.07, 6.45) is 0. The van der Waals surface area contributed by atoms with Crippen molar-refractivity contribution in [3.8, 4) is 23.0 Å². The predicted molar refractivity (Wildman–Crippen MR) is 137 cm³/mol. The average molecular weight is 433 g/mol. The molecule has 2 aromatic rings. The minimum Gasteiger partial charge on any atom is -0.507 e. The van der Waals surface area contributed by atoms with E-state index in [2.05, 4.69) is 13.8 Å². The summed E-state index contributed by atoms with van der Waals surface area (Å²) < 4.78 is 6.17. The Morgan fingerprint density at radius 3 is 1.19 bits per heavy atom. The maximum Gasteiger partial charge on any atom is 0.137 e. The second kappa shape index (κ2) is 14.8. The van der Waals surface area contributed by atoms with Gasteiger partial charge in [-0.1, -0.05) is 69.2 Å². The minimum absolute atomic E-state index is 0.185. The van der Waals surface area contributed by atoms with Crippen molar-refractivity contribution in [1.29, 1.82) is 0 Å². The van der Waals surface area contributed by atoms with Crippen molar-refractivity contribution >= 4 is 0 Å². The zero-order valence-electron chi connectivity index (χ0n) is 22.6. The summed E-state index contributed by atoms with van der Waals surface area (Å²) in [4.78, 5) is 0. The topological polar surface area (TPSA) is 49.7 Å². The second-order valence-corrected chi connectivity index (χ2v) is 6.99. The number of phenolic OH excluding ortho intramolecular Hbond substituents is 2. The van der Waals surface area contributed by atoms with Gasteiger partial charge in [0.25, 0.3) is 0 Å². The molecule has 2 aromatic carbocycles. The highest BCUT2D eigenvalue weighted by Gasteiger charge is 2.34. The van der Waals surface area contributed by atoms with E-state index >= 15 is 0 Å². The summed E-state index contributed by atoms with van der Waals surface area (Å²) in [5.41, 5.74) is 5.48. The predicted octanol–water partition coefficient (Wildman–Crippen LogP) is 9.33. The number of benzene rings is 2. The summed E-state index contributed by atoms with van der Waals surface area (Å²) in [6.45, 7) is 28.0. The lowest BCUT2D eigenvalue weighted by atomic mass is 9.77. The van der Waals surface area contributed by atoms with Gasteiger partial charge in [-0.15, -0.1) is 0 Å². The maximum atomic E-state index is 10.3. The third kappa shape index (κ3) is 6.41. The minimum atomic E-state index is 0.185. The number of aryl methyl sites for hydroxylation is 2. The smallest absolute Gasteiger partial charge is 0.137 e. The van der Waals surface area contributed by atoms with Crippen molar-refractivity contribution in [3.05, 3.63) is 45.5 Å². The molecule has 0 aromatic heterocycles. The Balaban J connectivity index is 0. The van der Waals surface area contributed by atoms with Crippen molar-refractivity contribution < 1.29 is 14.9 Å². The van der Waals surface area contributed by atoms with Gasteiger partial charge in [0.15, 0.2) is 0 Å². The highest BCUT2D eigenvalue weighted by atomic mass is 16.5. The molecule has 0 amide bonds. The first kappa shape index (κ1) is 31.0. The molecular formula is C28H48O3. The van der Waals surface area contributed by atoms with Gasteiger partial charge in [0.2, 0.25) is 0 Å². The molecule has 2 N–H and O–H groups in total. The molecule has 3 nitrogen and oxygen atoms in total. The van der Waals surface area contributed by atoms with E-state index in [4.69, 9.17) is 4.74 Å². The van der Waals surface area contributed by atoms with Crippen LogP contribution in [0.15, 0.2) is 12.1 Å². The van der Waals surface area contributed by atoms with E-state index in [9.17, 15) is 10.2 Å². The van der Waals surface area contributed by atoms with Gasteiger partial charge in [0.1, 0.15) is 23.0 Å². The zero-order valence-corrected chi connectivity index (χ0v) is 22.6. The van der Waals surface area contributed by atoms with Crippen molar-refractivity contribution in [2.45, 2.75) is 103 Å². The van der Waals surface area contributed by atoms with Crippen LogP contribution >= 0.6 is 0 Å². The summed E-state index contributed by atoms with van der Waals surface area (Å²) in [7, 11) is 0. The molecule has 0 atom stereocenters. The van der Waals surface area contributed by atoms with Crippen LogP contribution in [-0.4, -0.2) is 10.2 Å². The van der Waals surface area contributed by atoms with Crippen LogP contribution in [0.1, 0.15) is 109 Å². The lowest BCUT2D eigenvalue weighted by Crippen LogP contribution is -2.17. The number of hydrogen-bond donors (Lipinski definition) is 2. The summed E-state index contributed by atoms with van der Waals surface area (Å²) in [5.74, 6) is 2.58. The van der Waals surface area contributed by atoms with Crippen molar-refractivity contribution in [2.24, 2.45) is 5.92 Å². The number of phenols is 2. The molecule has 0 saturated carbocycles. The van der Waals surface area contributed by atoms with Gasteiger partial charge >= 0.3 is 0 Å². The molecule has 1 aliphatic heterocycles. The monoisotopic (exact) mass is 432 g/mol. The second-order valence-electron chi connectivity index (χ2n) is 6.99. The molecule has 31 heavy (non-hydrogen) atoms. The van der Waals surface area contributed by atoms with E-state index < -0.39 is 0 Å². The van der Waals surface area contributed by atoms with Crippen LogP contribution in [0.3, 0.4) is 0 Å². The normalized spacial score (nSPS) is 10.9. The summed E-state index contributed by atoms with van der Waals surface area (Å²) >= 11 is 0. The van der Waals surface area contributed by atoms with Crippen LogP contribution in [0, 0.1) is 33.6 Å². The molecule has 0 radical (unpaired) electrons. The van der Waals surface area contributed by atoms with Crippen LogP contribution in [-0.2, 0) is 0 Å². The van der Waals surface area contributed by atoms with Gasteiger partial charge in [0, 0.05) is 28.2 Å². The Bertz CT molecular complexity index is 741. The standard InChI is InChI=1S/C20H24O3.4C2H6/c1-9(2)16-14-7-10(3)17(21)12(5)19(14)23-20-13(6)18(22)11(4)8-15(16)20;4*1-2/h7-9,16,21-22H,1-6H3;4*1-2H3. The van der Waals surface area contributed by atoms with Crippen LogP contribution in [0.2, 0.25) is 0 Å². The Morgan fingerprint density at radius 2 is 0.935 bits per heavy atom. The molecular weight excluding hydrogens is 384 g/mol. The lowest BCUT2D eigenvalue weighted by Gasteiger charge is -2.34. The molecule has 0 unspecified atom stereocenters. The van der Waals surface area contributed by atoms with Gasteiger partial charge < -0.3 is 14.9 Å². The molecule has 178 valence electrons. The molecule has 0 bridgehead atoms. The number of fused-ring (bicyclic) bond motifs is 2. The number of hydrogen-bond acceptors (Lipinski definition) is 3. The van der Waals surface area contributed by atoms with Gasteiger partial charge in [-0.05, 0) is 56.9 Å². The quantitative estimate of drug-likeness (QED) is 0.472. The first-order valence-corrected chi connectivity index (χ1v) is 12.1. The molecule has 3 heteroatoms. The van der Waals surface area contributed by atoms with Gasteiger partial charge in [-0.2, -0.15) is 0 Å².